The smallest absolute Gasteiger partial charge is 0.339 e. The van der Waals surface area contributed by atoms with E-state index in [1.165, 1.54) is 18.9 Å². The molecule has 0 bridgehead atoms. The molecule has 19 heavy (non-hydrogen) atoms. The van der Waals surface area contributed by atoms with Crippen LogP contribution in [0.5, 0.6) is 0 Å². The maximum atomic E-state index is 11.7. The van der Waals surface area contributed by atoms with Gasteiger partial charge in [0.1, 0.15) is 0 Å². The first kappa shape index (κ1) is 14.3. The molecule has 5 heteroatoms. The van der Waals surface area contributed by atoms with E-state index in [0.717, 1.165) is 4.90 Å². The second-order valence-electron chi connectivity index (χ2n) is 3.67. The highest BCUT2D eigenvalue weighted by Crippen LogP contribution is 2.37. The van der Waals surface area contributed by atoms with Crippen molar-refractivity contribution in [3.8, 4) is 0 Å². The molecular weight excluding hydrogens is 303 g/mol. The van der Waals surface area contributed by atoms with Crippen LogP contribution in [0.1, 0.15) is 10.4 Å². The van der Waals surface area contributed by atoms with E-state index in [4.69, 9.17) is 27.9 Å². The zero-order valence-corrected chi connectivity index (χ0v) is 12.4. The van der Waals surface area contributed by atoms with Gasteiger partial charge >= 0.3 is 5.97 Å². The summed E-state index contributed by atoms with van der Waals surface area (Å²) in [5.74, 6) is -0.410. The van der Waals surface area contributed by atoms with Gasteiger partial charge in [-0.25, -0.2) is 4.79 Å². The molecule has 0 aromatic heterocycles. The zero-order valence-electron chi connectivity index (χ0n) is 10.0. The summed E-state index contributed by atoms with van der Waals surface area (Å²) >= 11 is 13.5. The molecular formula is C14H10Cl2O2S. The molecule has 2 aromatic rings. The fourth-order valence-corrected chi connectivity index (χ4v) is 3.07. The molecule has 0 aliphatic rings. The van der Waals surface area contributed by atoms with Crippen molar-refractivity contribution in [2.24, 2.45) is 0 Å². The highest BCUT2D eigenvalue weighted by molar-refractivity contribution is 7.99. The molecule has 2 rings (SSSR count). The first-order valence-corrected chi connectivity index (χ1v) is 6.99. The van der Waals surface area contributed by atoms with E-state index >= 15 is 0 Å². The standard InChI is InChI=1S/C14H10Cl2O2S/c1-18-14(17)11-6-3-7-12(16)13(11)19-10-5-2-4-9(15)8-10/h2-8H,1H3. The number of hydrogen-bond acceptors (Lipinski definition) is 3. The van der Waals surface area contributed by atoms with Crippen LogP contribution in [0.3, 0.4) is 0 Å². The number of methoxy groups -OCH3 is 1. The average Bonchev–Trinajstić information content (AvgIpc) is 2.40. The molecule has 0 N–H and O–H groups in total. The van der Waals surface area contributed by atoms with Gasteiger partial charge in [-0.1, -0.05) is 47.1 Å². The molecule has 0 radical (unpaired) electrons. The van der Waals surface area contributed by atoms with Crippen LogP contribution in [0, 0.1) is 0 Å². The van der Waals surface area contributed by atoms with Crippen LogP contribution in [0.4, 0.5) is 0 Å². The van der Waals surface area contributed by atoms with Crippen molar-refractivity contribution in [1.29, 1.82) is 0 Å². The second kappa shape index (κ2) is 6.33. The quantitative estimate of drug-likeness (QED) is 0.751. The summed E-state index contributed by atoms with van der Waals surface area (Å²) in [5.41, 5.74) is 0.444. The van der Waals surface area contributed by atoms with Crippen LogP contribution in [0.2, 0.25) is 10.0 Å². The third-order valence-electron chi connectivity index (χ3n) is 2.39. The molecule has 0 aliphatic carbocycles. The topological polar surface area (TPSA) is 26.3 Å². The van der Waals surface area contributed by atoms with E-state index in [-0.39, 0.29) is 0 Å². The lowest BCUT2D eigenvalue weighted by Crippen LogP contribution is -2.03. The number of ether oxygens (including phenoxy) is 1. The van der Waals surface area contributed by atoms with E-state index < -0.39 is 5.97 Å². The minimum absolute atomic E-state index is 0.410. The van der Waals surface area contributed by atoms with Crippen molar-refractivity contribution >= 4 is 40.9 Å². The molecule has 0 fully saturated rings. The summed E-state index contributed by atoms with van der Waals surface area (Å²) in [7, 11) is 1.34. The van der Waals surface area contributed by atoms with Gasteiger partial charge in [-0.05, 0) is 30.3 Å². The fourth-order valence-electron chi connectivity index (χ4n) is 1.53. The Morgan fingerprint density at radius 2 is 1.89 bits per heavy atom. The number of carbonyl (C=O) groups excluding carboxylic acids is 1. The molecule has 0 unspecified atom stereocenters. The van der Waals surface area contributed by atoms with Crippen molar-refractivity contribution in [2.75, 3.05) is 7.11 Å². The molecule has 0 spiro atoms. The zero-order chi connectivity index (χ0) is 13.8. The van der Waals surface area contributed by atoms with Gasteiger partial charge in [0, 0.05) is 14.8 Å². The Bertz CT molecular complexity index is 614. The van der Waals surface area contributed by atoms with Crippen LogP contribution in [0.25, 0.3) is 0 Å². The van der Waals surface area contributed by atoms with Crippen molar-refractivity contribution in [1.82, 2.24) is 0 Å². The summed E-state index contributed by atoms with van der Waals surface area (Å²) in [6.07, 6.45) is 0. The molecule has 2 aromatic carbocycles. The van der Waals surface area contributed by atoms with Crippen molar-refractivity contribution in [3.05, 3.63) is 58.1 Å². The van der Waals surface area contributed by atoms with Gasteiger partial charge in [-0.2, -0.15) is 0 Å². The maximum Gasteiger partial charge on any atom is 0.339 e. The second-order valence-corrected chi connectivity index (χ2v) is 5.59. The van der Waals surface area contributed by atoms with Gasteiger partial charge in [-0.3, -0.25) is 0 Å². The van der Waals surface area contributed by atoms with Gasteiger partial charge in [0.25, 0.3) is 0 Å². The van der Waals surface area contributed by atoms with Crippen molar-refractivity contribution < 1.29 is 9.53 Å². The Morgan fingerprint density at radius 3 is 2.58 bits per heavy atom. The Morgan fingerprint density at radius 1 is 1.16 bits per heavy atom. The summed E-state index contributed by atoms with van der Waals surface area (Å²) in [6.45, 7) is 0. The highest BCUT2D eigenvalue weighted by atomic mass is 35.5. The number of hydrogen-bond donors (Lipinski definition) is 0. The predicted octanol–water partition coefficient (Wildman–Crippen LogP) is 4.93. The summed E-state index contributed by atoms with van der Waals surface area (Å²) in [4.78, 5) is 13.3. The normalized spacial score (nSPS) is 10.3. The van der Waals surface area contributed by atoms with Crippen LogP contribution >= 0.6 is 35.0 Å². The summed E-state index contributed by atoms with van der Waals surface area (Å²) in [6, 6.07) is 12.5. The van der Waals surface area contributed by atoms with E-state index in [1.54, 1.807) is 24.3 Å². The number of carbonyl (C=O) groups is 1. The average molecular weight is 313 g/mol. The Kier molecular flexibility index (Phi) is 4.75. The summed E-state index contributed by atoms with van der Waals surface area (Å²) in [5, 5.41) is 1.14. The molecule has 0 amide bonds. The van der Waals surface area contributed by atoms with E-state index in [2.05, 4.69) is 0 Å². The molecule has 0 saturated carbocycles. The first-order valence-electron chi connectivity index (χ1n) is 5.42. The molecule has 98 valence electrons. The predicted molar refractivity (Wildman–Crippen MR) is 78.4 cm³/mol. The van der Waals surface area contributed by atoms with E-state index in [0.29, 0.717) is 20.5 Å². The van der Waals surface area contributed by atoms with Crippen LogP contribution in [0.15, 0.2) is 52.3 Å². The number of halogens is 2. The Labute approximate surface area is 125 Å². The third kappa shape index (κ3) is 3.44. The van der Waals surface area contributed by atoms with Gasteiger partial charge in [-0.15, -0.1) is 0 Å². The first-order chi connectivity index (χ1) is 9.11. The van der Waals surface area contributed by atoms with Gasteiger partial charge in [0.05, 0.1) is 17.7 Å². The van der Waals surface area contributed by atoms with Gasteiger partial charge in [0.2, 0.25) is 0 Å². The molecule has 0 atom stereocenters. The lowest BCUT2D eigenvalue weighted by atomic mass is 10.2. The maximum absolute atomic E-state index is 11.7. The molecule has 2 nitrogen and oxygen atoms in total. The van der Waals surface area contributed by atoms with Crippen molar-refractivity contribution in [2.45, 2.75) is 9.79 Å². The number of benzene rings is 2. The van der Waals surface area contributed by atoms with E-state index in [1.807, 2.05) is 18.2 Å². The molecule has 0 heterocycles. The van der Waals surface area contributed by atoms with Gasteiger partial charge in [0.15, 0.2) is 0 Å². The van der Waals surface area contributed by atoms with Crippen molar-refractivity contribution in [3.63, 3.8) is 0 Å². The van der Waals surface area contributed by atoms with E-state index in [9.17, 15) is 4.79 Å². The molecule has 0 saturated heterocycles. The Balaban J connectivity index is 2.41. The number of esters is 1. The third-order valence-corrected chi connectivity index (χ3v) is 4.18. The van der Waals surface area contributed by atoms with Crippen LogP contribution < -0.4 is 0 Å². The number of rotatable bonds is 3. The van der Waals surface area contributed by atoms with Gasteiger partial charge < -0.3 is 4.74 Å². The minimum Gasteiger partial charge on any atom is -0.465 e. The lowest BCUT2D eigenvalue weighted by molar-refractivity contribution is 0.0597. The lowest BCUT2D eigenvalue weighted by Gasteiger charge is -2.09. The molecule has 0 aliphatic heterocycles. The summed E-state index contributed by atoms with van der Waals surface area (Å²) < 4.78 is 4.76. The van der Waals surface area contributed by atoms with Crippen LogP contribution in [-0.2, 0) is 4.74 Å². The largest absolute Gasteiger partial charge is 0.465 e. The van der Waals surface area contributed by atoms with Crippen LogP contribution in [-0.4, -0.2) is 13.1 Å². The highest BCUT2D eigenvalue weighted by Gasteiger charge is 2.15. The monoisotopic (exact) mass is 312 g/mol. The minimum atomic E-state index is -0.410. The SMILES string of the molecule is COC(=O)c1cccc(Cl)c1Sc1cccc(Cl)c1. The fraction of sp³-hybridized carbons (Fsp3) is 0.0714. The Hall–Kier alpha value is -1.16.